The van der Waals surface area contributed by atoms with Gasteiger partial charge < -0.3 is 14.4 Å². The summed E-state index contributed by atoms with van der Waals surface area (Å²) in [5.74, 6) is 1.99. The number of aromatic nitrogens is 2. The molecule has 1 aliphatic rings. The molecule has 2 heterocycles. The molecule has 1 unspecified atom stereocenters. The van der Waals surface area contributed by atoms with Gasteiger partial charge in [-0.2, -0.15) is 5.10 Å². The third-order valence-electron chi connectivity index (χ3n) is 5.58. The second-order valence-electron chi connectivity index (χ2n) is 7.63. The van der Waals surface area contributed by atoms with Crippen molar-refractivity contribution in [2.45, 2.75) is 31.8 Å². The number of nitrogens with zero attached hydrogens (tertiary/aromatic N) is 2. The molecule has 5 nitrogen and oxygen atoms in total. The van der Waals surface area contributed by atoms with Crippen LogP contribution in [-0.2, 0) is 13.0 Å². The molecule has 0 saturated carbocycles. The summed E-state index contributed by atoms with van der Waals surface area (Å²) < 4.78 is 11.2. The van der Waals surface area contributed by atoms with Gasteiger partial charge in [0, 0.05) is 12.5 Å². The Morgan fingerprint density at radius 2 is 1.86 bits per heavy atom. The Morgan fingerprint density at radius 3 is 2.69 bits per heavy atom. The summed E-state index contributed by atoms with van der Waals surface area (Å²) >= 11 is 0. The predicted molar refractivity (Wildman–Crippen MR) is 114 cm³/mol. The molecule has 0 spiro atoms. The van der Waals surface area contributed by atoms with Crippen molar-refractivity contribution >= 4 is 0 Å². The van der Waals surface area contributed by atoms with Crippen molar-refractivity contribution in [3.63, 3.8) is 0 Å². The van der Waals surface area contributed by atoms with Gasteiger partial charge >= 0.3 is 0 Å². The molecule has 152 valence electrons. The molecule has 1 N–H and O–H groups in total. The number of para-hydroxylation sites is 2. The fraction of sp³-hybridized carbons (Fsp3) is 0.375. The Bertz CT molecular complexity index is 894. The molecule has 1 fully saturated rings. The lowest BCUT2D eigenvalue weighted by Gasteiger charge is -2.15. The molecule has 1 aliphatic heterocycles. The molecule has 3 aromatic rings. The summed E-state index contributed by atoms with van der Waals surface area (Å²) in [6, 6.07) is 20.6. The van der Waals surface area contributed by atoms with E-state index in [0.717, 1.165) is 48.9 Å². The SMILES string of the molecule is COc1ccccc1OCc1cc(C2CCN(CCCc3ccccc3)C2)n[nH]1. The minimum Gasteiger partial charge on any atom is -0.493 e. The number of aryl methyl sites for hydroxylation is 1. The van der Waals surface area contributed by atoms with Crippen molar-refractivity contribution in [1.29, 1.82) is 0 Å². The highest BCUT2D eigenvalue weighted by Gasteiger charge is 2.25. The molecule has 0 aliphatic carbocycles. The molecule has 1 atom stereocenters. The van der Waals surface area contributed by atoms with Crippen LogP contribution < -0.4 is 9.47 Å². The van der Waals surface area contributed by atoms with E-state index in [9.17, 15) is 0 Å². The second-order valence-corrected chi connectivity index (χ2v) is 7.63. The molecule has 0 bridgehead atoms. The van der Waals surface area contributed by atoms with E-state index in [1.807, 2.05) is 24.3 Å². The van der Waals surface area contributed by atoms with Crippen LogP contribution in [0.5, 0.6) is 11.5 Å². The van der Waals surface area contributed by atoms with Crippen molar-refractivity contribution < 1.29 is 9.47 Å². The maximum Gasteiger partial charge on any atom is 0.161 e. The number of hydrogen-bond donors (Lipinski definition) is 1. The quantitative estimate of drug-likeness (QED) is 0.587. The van der Waals surface area contributed by atoms with Gasteiger partial charge in [-0.15, -0.1) is 0 Å². The van der Waals surface area contributed by atoms with Gasteiger partial charge in [-0.25, -0.2) is 0 Å². The number of aromatic amines is 1. The van der Waals surface area contributed by atoms with E-state index in [1.165, 1.54) is 18.4 Å². The summed E-state index contributed by atoms with van der Waals surface area (Å²) in [5.41, 5.74) is 3.57. The zero-order valence-corrected chi connectivity index (χ0v) is 17.0. The predicted octanol–water partition coefficient (Wildman–Crippen LogP) is 4.42. The first kappa shape index (κ1) is 19.5. The highest BCUT2D eigenvalue weighted by Crippen LogP contribution is 2.28. The second kappa shape index (κ2) is 9.61. The topological polar surface area (TPSA) is 50.4 Å². The van der Waals surface area contributed by atoms with Crippen LogP contribution in [0.4, 0.5) is 0 Å². The normalized spacial score (nSPS) is 16.8. The largest absolute Gasteiger partial charge is 0.493 e. The molecule has 0 amide bonds. The lowest BCUT2D eigenvalue weighted by molar-refractivity contribution is 0.280. The highest BCUT2D eigenvalue weighted by molar-refractivity contribution is 5.39. The summed E-state index contributed by atoms with van der Waals surface area (Å²) in [6.45, 7) is 3.85. The average molecular weight is 392 g/mol. The summed E-state index contributed by atoms with van der Waals surface area (Å²) in [6.07, 6.45) is 3.52. The van der Waals surface area contributed by atoms with E-state index in [4.69, 9.17) is 9.47 Å². The number of nitrogens with one attached hydrogen (secondary N) is 1. The van der Waals surface area contributed by atoms with Gasteiger partial charge in [0.25, 0.3) is 0 Å². The van der Waals surface area contributed by atoms with E-state index in [0.29, 0.717) is 12.5 Å². The number of H-pyrrole nitrogens is 1. The minimum absolute atomic E-state index is 0.459. The summed E-state index contributed by atoms with van der Waals surface area (Å²) in [4.78, 5) is 2.56. The third-order valence-corrected chi connectivity index (χ3v) is 5.58. The molecule has 0 radical (unpaired) electrons. The Balaban J connectivity index is 1.24. The van der Waals surface area contributed by atoms with Crippen LogP contribution in [0.3, 0.4) is 0 Å². The van der Waals surface area contributed by atoms with E-state index < -0.39 is 0 Å². The van der Waals surface area contributed by atoms with E-state index in [2.05, 4.69) is 51.5 Å². The molecule has 1 saturated heterocycles. The number of hydrogen-bond acceptors (Lipinski definition) is 4. The van der Waals surface area contributed by atoms with Crippen molar-refractivity contribution in [1.82, 2.24) is 15.1 Å². The first-order valence-electron chi connectivity index (χ1n) is 10.4. The fourth-order valence-corrected chi connectivity index (χ4v) is 3.98. The van der Waals surface area contributed by atoms with Crippen LogP contribution in [0.15, 0.2) is 60.7 Å². The smallest absolute Gasteiger partial charge is 0.161 e. The molecule has 2 aromatic carbocycles. The van der Waals surface area contributed by atoms with Crippen molar-refractivity contribution in [2.75, 3.05) is 26.7 Å². The molecule has 29 heavy (non-hydrogen) atoms. The van der Waals surface area contributed by atoms with Gasteiger partial charge in [0.05, 0.1) is 18.5 Å². The van der Waals surface area contributed by atoms with Gasteiger partial charge in [-0.3, -0.25) is 5.10 Å². The zero-order valence-electron chi connectivity index (χ0n) is 17.0. The standard InChI is InChI=1S/C24H29N3O2/c1-28-23-11-5-6-12-24(23)29-18-21-16-22(26-25-21)20-13-15-27(17-20)14-7-10-19-8-3-2-4-9-19/h2-6,8-9,11-12,16,20H,7,10,13-15,17-18H2,1H3,(H,25,26). The van der Waals surface area contributed by atoms with Gasteiger partial charge in [-0.1, -0.05) is 42.5 Å². The van der Waals surface area contributed by atoms with Crippen LogP contribution in [0, 0.1) is 0 Å². The van der Waals surface area contributed by atoms with Gasteiger partial charge in [0.1, 0.15) is 6.61 Å². The highest BCUT2D eigenvalue weighted by atomic mass is 16.5. The third kappa shape index (κ3) is 5.18. The Labute approximate surface area is 172 Å². The zero-order chi connectivity index (χ0) is 19.9. The number of benzene rings is 2. The van der Waals surface area contributed by atoms with E-state index >= 15 is 0 Å². The number of methoxy groups -OCH3 is 1. The van der Waals surface area contributed by atoms with Crippen molar-refractivity contribution in [2.24, 2.45) is 0 Å². The maximum atomic E-state index is 5.90. The van der Waals surface area contributed by atoms with Crippen LogP contribution in [0.25, 0.3) is 0 Å². The number of ether oxygens (including phenoxy) is 2. The monoisotopic (exact) mass is 391 g/mol. The maximum absolute atomic E-state index is 5.90. The van der Waals surface area contributed by atoms with Gasteiger partial charge in [-0.05, 0) is 56.1 Å². The Morgan fingerprint density at radius 1 is 1.07 bits per heavy atom. The van der Waals surface area contributed by atoms with Crippen LogP contribution in [0.1, 0.15) is 35.7 Å². The molecule has 5 heteroatoms. The van der Waals surface area contributed by atoms with E-state index in [1.54, 1.807) is 7.11 Å². The first-order chi connectivity index (χ1) is 14.3. The summed E-state index contributed by atoms with van der Waals surface area (Å²) in [7, 11) is 1.65. The van der Waals surface area contributed by atoms with Crippen molar-refractivity contribution in [3.8, 4) is 11.5 Å². The minimum atomic E-state index is 0.459. The Kier molecular flexibility index (Phi) is 6.47. The van der Waals surface area contributed by atoms with Crippen LogP contribution in [0.2, 0.25) is 0 Å². The lowest BCUT2D eigenvalue weighted by Crippen LogP contribution is -2.22. The van der Waals surface area contributed by atoms with E-state index in [-0.39, 0.29) is 0 Å². The first-order valence-corrected chi connectivity index (χ1v) is 10.4. The Hall–Kier alpha value is -2.79. The van der Waals surface area contributed by atoms with Gasteiger partial charge in [0.2, 0.25) is 0 Å². The molecular weight excluding hydrogens is 362 g/mol. The lowest BCUT2D eigenvalue weighted by atomic mass is 10.1. The van der Waals surface area contributed by atoms with Crippen LogP contribution >= 0.6 is 0 Å². The average Bonchev–Trinajstić information content (AvgIpc) is 3.43. The summed E-state index contributed by atoms with van der Waals surface area (Å²) in [5, 5.41) is 7.69. The number of likely N-dealkylation sites (tertiary alicyclic amines) is 1. The molecular formula is C24H29N3O2. The fourth-order valence-electron chi connectivity index (χ4n) is 3.98. The number of rotatable bonds is 9. The van der Waals surface area contributed by atoms with Crippen LogP contribution in [-0.4, -0.2) is 41.8 Å². The molecule has 1 aromatic heterocycles. The molecule has 4 rings (SSSR count). The van der Waals surface area contributed by atoms with Gasteiger partial charge in [0.15, 0.2) is 11.5 Å². The van der Waals surface area contributed by atoms with Crippen molar-refractivity contribution in [3.05, 3.63) is 77.6 Å².